The Morgan fingerprint density at radius 2 is 1.90 bits per heavy atom. The molecule has 1 aromatic carbocycles. The molecule has 3 nitrogen and oxygen atoms in total. The molecule has 0 spiro atoms. The Labute approximate surface area is 137 Å². The minimum absolute atomic E-state index is 0.395. The molecule has 4 heteroatoms. The van der Waals surface area contributed by atoms with E-state index in [0.717, 1.165) is 23.2 Å². The number of hydrogen-bond acceptors (Lipinski definition) is 3. The lowest BCUT2D eigenvalue weighted by molar-refractivity contribution is 0.0245. The minimum Gasteiger partial charge on any atom is -0.389 e. The normalized spacial score (nSPS) is 13.9. The van der Waals surface area contributed by atoms with Crippen LogP contribution < -0.4 is 5.32 Å². The van der Waals surface area contributed by atoms with Gasteiger partial charge in [0.1, 0.15) is 0 Å². The van der Waals surface area contributed by atoms with Gasteiger partial charge in [0, 0.05) is 23.3 Å². The van der Waals surface area contributed by atoms with Gasteiger partial charge in [-0.1, -0.05) is 49.0 Å². The lowest BCUT2D eigenvalue weighted by Gasteiger charge is -2.17. The van der Waals surface area contributed by atoms with Gasteiger partial charge in [0.15, 0.2) is 0 Å². The third-order valence-electron chi connectivity index (χ3n) is 3.59. The second-order valence-electron chi connectivity index (χ2n) is 5.50. The monoisotopic (exact) mass is 357 g/mol. The van der Waals surface area contributed by atoms with E-state index in [1.807, 2.05) is 24.3 Å². The highest BCUT2D eigenvalue weighted by Crippen LogP contribution is 2.14. The summed E-state index contributed by atoms with van der Waals surface area (Å²) < 4.78 is 6.71. The van der Waals surface area contributed by atoms with E-state index in [-0.39, 0.29) is 0 Å². The summed E-state index contributed by atoms with van der Waals surface area (Å²) in [6.45, 7) is 6.08. The molecular formula is C17H28BrNO2. The summed E-state index contributed by atoms with van der Waals surface area (Å²) in [5.41, 5.74) is 1.01. The summed E-state index contributed by atoms with van der Waals surface area (Å²) in [4.78, 5) is 0. The molecule has 2 atom stereocenters. The fourth-order valence-corrected chi connectivity index (χ4v) is 2.40. The number of halogens is 1. The van der Waals surface area contributed by atoms with Gasteiger partial charge < -0.3 is 15.2 Å². The molecule has 0 saturated carbocycles. The number of hydrogen-bond donors (Lipinski definition) is 2. The van der Waals surface area contributed by atoms with Gasteiger partial charge in [-0.25, -0.2) is 0 Å². The Balaban J connectivity index is 2.15. The molecule has 2 N–H and O–H groups in total. The van der Waals surface area contributed by atoms with Gasteiger partial charge in [-0.3, -0.25) is 0 Å². The molecule has 0 amide bonds. The number of aliphatic hydroxyl groups is 1. The highest BCUT2D eigenvalue weighted by atomic mass is 79.9. The quantitative estimate of drug-likeness (QED) is 0.614. The van der Waals surface area contributed by atoms with Gasteiger partial charge in [-0.2, -0.15) is 0 Å². The summed E-state index contributed by atoms with van der Waals surface area (Å²) in [5.74, 6) is 0.622. The van der Waals surface area contributed by atoms with Gasteiger partial charge in [0.2, 0.25) is 0 Å². The van der Waals surface area contributed by atoms with E-state index in [9.17, 15) is 5.11 Å². The van der Waals surface area contributed by atoms with Gasteiger partial charge in [-0.05, 0) is 36.6 Å². The van der Waals surface area contributed by atoms with Crippen LogP contribution >= 0.6 is 15.9 Å². The van der Waals surface area contributed by atoms with Crippen molar-refractivity contribution in [3.05, 3.63) is 28.7 Å². The van der Waals surface area contributed by atoms with E-state index in [0.29, 0.717) is 19.1 Å². The largest absolute Gasteiger partial charge is 0.389 e. The van der Waals surface area contributed by atoms with E-state index < -0.39 is 6.10 Å². The second-order valence-corrected chi connectivity index (χ2v) is 6.41. The number of aliphatic hydroxyl groups excluding tert-OH is 1. The fourth-order valence-electron chi connectivity index (χ4n) is 2.13. The van der Waals surface area contributed by atoms with Crippen LogP contribution in [0.1, 0.15) is 39.5 Å². The third-order valence-corrected chi connectivity index (χ3v) is 4.12. The van der Waals surface area contributed by atoms with E-state index in [2.05, 4.69) is 35.1 Å². The molecule has 0 fully saturated rings. The summed E-state index contributed by atoms with van der Waals surface area (Å²) in [7, 11) is 0. The molecule has 0 aliphatic heterocycles. The van der Waals surface area contributed by atoms with Crippen molar-refractivity contribution in [2.75, 3.05) is 25.1 Å². The molecule has 0 heterocycles. The first-order chi connectivity index (χ1) is 10.2. The van der Waals surface area contributed by atoms with Crippen LogP contribution in [0, 0.1) is 5.92 Å². The second kappa shape index (κ2) is 11.0. The zero-order valence-corrected chi connectivity index (χ0v) is 14.7. The van der Waals surface area contributed by atoms with E-state index in [1.165, 1.54) is 19.3 Å². The number of benzene rings is 1. The SMILES string of the molecule is CCCCC(CC)COCC(O)CNc1ccc(Br)cc1. The Hall–Kier alpha value is -0.580. The number of unbranched alkanes of at least 4 members (excludes halogenated alkanes) is 1. The molecular weight excluding hydrogens is 330 g/mol. The van der Waals surface area contributed by atoms with Gasteiger partial charge in [0.05, 0.1) is 12.7 Å². The van der Waals surface area contributed by atoms with Crippen molar-refractivity contribution in [3.63, 3.8) is 0 Å². The van der Waals surface area contributed by atoms with Gasteiger partial charge >= 0.3 is 0 Å². The first kappa shape index (κ1) is 18.5. The van der Waals surface area contributed by atoms with Crippen LogP contribution in [0.25, 0.3) is 0 Å². The van der Waals surface area contributed by atoms with Crippen LogP contribution in [0.2, 0.25) is 0 Å². The van der Waals surface area contributed by atoms with Crippen molar-refractivity contribution in [1.82, 2.24) is 0 Å². The number of rotatable bonds is 11. The Morgan fingerprint density at radius 3 is 2.52 bits per heavy atom. The van der Waals surface area contributed by atoms with Crippen molar-refractivity contribution in [2.24, 2.45) is 5.92 Å². The molecule has 0 saturated heterocycles. The lowest BCUT2D eigenvalue weighted by Crippen LogP contribution is -2.26. The molecule has 0 aliphatic rings. The van der Waals surface area contributed by atoms with Crippen molar-refractivity contribution in [1.29, 1.82) is 0 Å². The fraction of sp³-hybridized carbons (Fsp3) is 0.647. The zero-order chi connectivity index (χ0) is 15.5. The Bertz CT molecular complexity index is 370. The van der Waals surface area contributed by atoms with Crippen LogP contribution in [-0.2, 0) is 4.74 Å². The van der Waals surface area contributed by atoms with Crippen LogP contribution in [0.3, 0.4) is 0 Å². The predicted molar refractivity (Wildman–Crippen MR) is 92.8 cm³/mol. The van der Waals surface area contributed by atoms with E-state index in [4.69, 9.17) is 4.74 Å². The molecule has 0 bridgehead atoms. The Morgan fingerprint density at radius 1 is 1.19 bits per heavy atom. The molecule has 1 aromatic rings. The molecule has 0 aromatic heterocycles. The maximum atomic E-state index is 9.93. The van der Waals surface area contributed by atoms with Gasteiger partial charge in [-0.15, -0.1) is 0 Å². The highest BCUT2D eigenvalue weighted by molar-refractivity contribution is 9.10. The average Bonchev–Trinajstić information content (AvgIpc) is 2.50. The molecule has 2 unspecified atom stereocenters. The lowest BCUT2D eigenvalue weighted by atomic mass is 10.0. The first-order valence-corrected chi connectivity index (χ1v) is 8.70. The van der Waals surface area contributed by atoms with E-state index >= 15 is 0 Å². The summed E-state index contributed by atoms with van der Waals surface area (Å²) in [5, 5.41) is 13.1. The van der Waals surface area contributed by atoms with Crippen molar-refractivity contribution in [2.45, 2.75) is 45.6 Å². The smallest absolute Gasteiger partial charge is 0.0945 e. The van der Waals surface area contributed by atoms with Crippen LogP contribution in [-0.4, -0.2) is 31.0 Å². The van der Waals surface area contributed by atoms with Crippen LogP contribution in [0.4, 0.5) is 5.69 Å². The van der Waals surface area contributed by atoms with Gasteiger partial charge in [0.25, 0.3) is 0 Å². The van der Waals surface area contributed by atoms with Crippen molar-refractivity contribution in [3.8, 4) is 0 Å². The summed E-state index contributed by atoms with van der Waals surface area (Å²) in [6, 6.07) is 7.92. The molecule has 120 valence electrons. The standard InChI is InChI=1S/C17H28BrNO2/c1-3-5-6-14(4-2)12-21-13-17(20)11-19-16-9-7-15(18)8-10-16/h7-10,14,17,19-20H,3-6,11-13H2,1-2H3. The van der Waals surface area contributed by atoms with Crippen LogP contribution in [0.15, 0.2) is 28.7 Å². The first-order valence-electron chi connectivity index (χ1n) is 7.90. The highest BCUT2D eigenvalue weighted by Gasteiger charge is 2.09. The Kier molecular flexibility index (Phi) is 9.72. The number of nitrogens with one attached hydrogen (secondary N) is 1. The molecule has 1 rings (SSSR count). The van der Waals surface area contributed by atoms with Crippen LogP contribution in [0.5, 0.6) is 0 Å². The molecule has 0 radical (unpaired) electrons. The summed E-state index contributed by atoms with van der Waals surface area (Å²) >= 11 is 3.40. The average molecular weight is 358 g/mol. The predicted octanol–water partition coefficient (Wildman–Crippen LogP) is 4.45. The third kappa shape index (κ3) is 8.44. The molecule has 21 heavy (non-hydrogen) atoms. The number of anilines is 1. The van der Waals surface area contributed by atoms with Crippen molar-refractivity contribution >= 4 is 21.6 Å². The summed E-state index contributed by atoms with van der Waals surface area (Å²) in [6.07, 6.45) is 4.39. The maximum Gasteiger partial charge on any atom is 0.0945 e. The zero-order valence-electron chi connectivity index (χ0n) is 13.1. The van der Waals surface area contributed by atoms with E-state index in [1.54, 1.807) is 0 Å². The topological polar surface area (TPSA) is 41.5 Å². The maximum absolute atomic E-state index is 9.93. The number of ether oxygens (including phenoxy) is 1. The van der Waals surface area contributed by atoms with Crippen molar-refractivity contribution < 1.29 is 9.84 Å². The minimum atomic E-state index is -0.475. The molecule has 0 aliphatic carbocycles.